The van der Waals surface area contributed by atoms with Crippen LogP contribution in [-0.4, -0.2) is 49.9 Å². The molecule has 0 unspecified atom stereocenters. The van der Waals surface area contributed by atoms with Crippen LogP contribution >= 0.6 is 0 Å². The van der Waals surface area contributed by atoms with Crippen LogP contribution in [0.3, 0.4) is 0 Å². The van der Waals surface area contributed by atoms with E-state index >= 15 is 0 Å². The largest absolute Gasteiger partial charge is 2.00 e. The number of hydrogen-bond donors (Lipinski definition) is 2. The zero-order valence-electron chi connectivity index (χ0n) is 38.0. The summed E-state index contributed by atoms with van der Waals surface area (Å²) in [6.07, 6.45) is 0. The number of aryl methyl sites for hydroxylation is 2. The first-order chi connectivity index (χ1) is 32.0. The topological polar surface area (TPSA) is 366 Å². The maximum Gasteiger partial charge on any atom is 2.00 e. The van der Waals surface area contributed by atoms with Crippen molar-refractivity contribution in [3.8, 4) is 17.2 Å². The Morgan fingerprint density at radius 3 is 1.58 bits per heavy atom. The van der Waals surface area contributed by atoms with Crippen LogP contribution in [0, 0.1) is 13.8 Å². The smallest absolute Gasteiger partial charge is 0.871 e. The minimum Gasteiger partial charge on any atom is -0.871 e. The van der Waals surface area contributed by atoms with Gasteiger partial charge in [-0.1, -0.05) is 23.6 Å². The van der Waals surface area contributed by atoms with Crippen molar-refractivity contribution in [2.45, 2.75) is 28.5 Å². The number of azo groups is 4. The van der Waals surface area contributed by atoms with Gasteiger partial charge < -0.3 is 34.3 Å². The Bertz CT molecular complexity index is 3690. The second kappa shape index (κ2) is 25.5. The first kappa shape index (κ1) is 61.6. The zero-order chi connectivity index (χ0) is 49.1. The molecule has 0 aliphatic rings. The first-order valence-electron chi connectivity index (χ1n) is 19.1. The number of carbonyl (C=O) groups excluding carboxylic acids is 1. The van der Waals surface area contributed by atoms with Crippen LogP contribution in [0.5, 0.6) is 17.2 Å². The summed E-state index contributed by atoms with van der Waals surface area (Å²) in [5, 5.41) is 69.6. The number of benzene rings is 7. The van der Waals surface area contributed by atoms with Gasteiger partial charge in [0.25, 0.3) is 5.91 Å². The average molecular weight is 1110 g/mol. The Morgan fingerprint density at radius 2 is 1.00 bits per heavy atom. The fraction of sp³-hybridized carbons (Fsp3) is 0.0465. The molecule has 7 aromatic rings. The maximum atomic E-state index is 13.1. The van der Waals surface area contributed by atoms with E-state index in [0.29, 0.717) is 46.0 Å². The number of phenols is 1. The SMILES string of the molecule is Cc1cc(N=Nc2ccc(NC(=O)c3ccc(N=Nc4cc(N=Nc5cc(S(=O)(=O)[O-])ccc5[O-])c([O-])cc4O)cc3)cc2C)ccc1N=Nc1ccc2cc(S(=O)(=O)[O-])cc(S(=O)(=O)[O-])c2c1.[Cu+2].[Na+].[Na+].[Na+]. The van der Waals surface area contributed by atoms with Crippen molar-refractivity contribution >= 4 is 98.2 Å². The molecule has 22 nitrogen and oxygen atoms in total. The molecule has 0 fully saturated rings. The quantitative estimate of drug-likeness (QED) is 0.0870. The van der Waals surface area contributed by atoms with Crippen LogP contribution in [0.2, 0.25) is 0 Å². The molecule has 355 valence electrons. The number of amides is 1. The molecule has 7 aromatic carbocycles. The predicted octanol–water partition coefficient (Wildman–Crippen LogP) is -0.0549. The molecular formula is C43H28CuN9Na3O13S3. The zero-order valence-corrected chi connectivity index (χ0v) is 47.4. The number of hydrogen-bond acceptors (Lipinski definition) is 21. The molecule has 29 heteroatoms. The molecule has 1 amide bonds. The van der Waals surface area contributed by atoms with Crippen LogP contribution < -0.4 is 104 Å². The van der Waals surface area contributed by atoms with Crippen molar-refractivity contribution in [1.29, 1.82) is 0 Å². The molecule has 1 radical (unpaired) electrons. The molecule has 0 spiro atoms. The van der Waals surface area contributed by atoms with Crippen LogP contribution in [0.1, 0.15) is 21.5 Å². The number of carbonyl (C=O) groups is 1. The van der Waals surface area contributed by atoms with Gasteiger partial charge in [-0.3, -0.25) is 4.79 Å². The second-order valence-corrected chi connectivity index (χ2v) is 18.5. The van der Waals surface area contributed by atoms with Crippen molar-refractivity contribution in [3.63, 3.8) is 0 Å². The Balaban J connectivity index is 0.00000342. The fourth-order valence-corrected chi connectivity index (χ4v) is 7.94. The number of fused-ring (bicyclic) bond motifs is 1. The van der Waals surface area contributed by atoms with E-state index in [2.05, 4.69) is 46.2 Å². The van der Waals surface area contributed by atoms with E-state index < -0.39 is 73.9 Å². The van der Waals surface area contributed by atoms with Crippen LogP contribution in [0.15, 0.2) is 177 Å². The molecule has 0 aliphatic carbocycles. The minimum absolute atomic E-state index is 0. The van der Waals surface area contributed by atoms with Crippen molar-refractivity contribution in [3.05, 3.63) is 138 Å². The number of phenolic OH excluding ortho intramolecular Hbond substituents is 1. The molecule has 0 bridgehead atoms. The Labute approximate surface area is 487 Å². The van der Waals surface area contributed by atoms with Crippen molar-refractivity contribution in [2.24, 2.45) is 40.9 Å². The van der Waals surface area contributed by atoms with Gasteiger partial charge >= 0.3 is 106 Å². The number of anilines is 1. The van der Waals surface area contributed by atoms with Crippen LogP contribution in [-0.2, 0) is 47.4 Å². The van der Waals surface area contributed by atoms with Gasteiger partial charge in [-0.25, -0.2) is 25.3 Å². The van der Waals surface area contributed by atoms with Gasteiger partial charge in [0.05, 0.1) is 54.5 Å². The minimum atomic E-state index is -5.17. The summed E-state index contributed by atoms with van der Waals surface area (Å²) in [5.41, 5.74) is 2.68. The van der Waals surface area contributed by atoms with Gasteiger partial charge in [-0.15, -0.1) is 5.11 Å². The normalized spacial score (nSPS) is 11.8. The summed E-state index contributed by atoms with van der Waals surface area (Å²) in [4.78, 5) is 10.6. The fourth-order valence-electron chi connectivity index (χ4n) is 6.12. The summed E-state index contributed by atoms with van der Waals surface area (Å²) in [5.74, 6) is -2.60. The van der Waals surface area contributed by atoms with Gasteiger partial charge in [0.2, 0.25) is 0 Å². The van der Waals surface area contributed by atoms with Gasteiger partial charge in [0.1, 0.15) is 41.8 Å². The number of nitrogens with zero attached hydrogens (tertiary/aromatic N) is 8. The third kappa shape index (κ3) is 15.7. The van der Waals surface area contributed by atoms with Crippen LogP contribution in [0.4, 0.5) is 51.2 Å². The molecule has 0 saturated heterocycles. The Kier molecular flexibility index (Phi) is 21.8. The molecule has 0 heterocycles. The number of rotatable bonds is 13. The average Bonchev–Trinajstić information content (AvgIpc) is 3.27. The molecule has 2 N–H and O–H groups in total. The number of aromatic hydroxyl groups is 1. The third-order valence-electron chi connectivity index (χ3n) is 9.56. The molecular weight excluding hydrogens is 1080 g/mol. The molecule has 72 heavy (non-hydrogen) atoms. The van der Waals surface area contributed by atoms with E-state index in [1.165, 1.54) is 42.5 Å². The first-order valence-corrected chi connectivity index (χ1v) is 23.3. The summed E-state index contributed by atoms with van der Waals surface area (Å²) in [6.45, 7) is 3.51. The van der Waals surface area contributed by atoms with Gasteiger partial charge in [-0.05, 0) is 140 Å². The van der Waals surface area contributed by atoms with E-state index in [-0.39, 0.29) is 145 Å². The molecule has 7 rings (SSSR count). The Hall–Kier alpha value is -4.68. The third-order valence-corrected chi connectivity index (χ3v) is 12.1. The Morgan fingerprint density at radius 1 is 0.486 bits per heavy atom. The van der Waals surface area contributed by atoms with Crippen LogP contribution in [0.25, 0.3) is 10.8 Å². The van der Waals surface area contributed by atoms with E-state index in [0.717, 1.165) is 30.3 Å². The molecule has 0 atom stereocenters. The van der Waals surface area contributed by atoms with Gasteiger partial charge in [0, 0.05) is 16.6 Å². The number of nitrogens with one attached hydrogen (secondary N) is 1. The standard InChI is InChI=1S/C43H33N9O13S3.Cu.3Na/c1-23-15-28(44-43(56)25-3-6-27(7-4-25)45-50-37-21-38(41(55)22-40(37)54)52-51-36-19-31(66(57,58)59)11-14-39(36)53)9-12-34(23)48-46-29-10-13-35(24(2)16-29)49-47-30-8-5-26-17-32(67(60,61)62)20-42(33(26)18-30)68(63,64)65;;;;/h3-22,53-55H,1-2H3,(H,44,56)(H,57,58,59)(H,60,61,62)(H,63,64,65);;;;/q;+2;3*+1/p-5. The maximum absolute atomic E-state index is 13.1. The second-order valence-electron chi connectivity index (χ2n) is 14.4. The molecule has 0 saturated carbocycles. The van der Waals surface area contributed by atoms with Crippen molar-refractivity contribution in [2.75, 3.05) is 5.32 Å². The van der Waals surface area contributed by atoms with Crippen molar-refractivity contribution in [1.82, 2.24) is 0 Å². The van der Waals surface area contributed by atoms with Gasteiger partial charge in [-0.2, -0.15) is 35.8 Å². The van der Waals surface area contributed by atoms with E-state index in [4.69, 9.17) is 0 Å². The molecule has 0 aromatic heterocycles. The van der Waals surface area contributed by atoms with Crippen molar-refractivity contribution < 1.29 is 165 Å². The van der Waals surface area contributed by atoms with E-state index in [9.17, 15) is 59.0 Å². The van der Waals surface area contributed by atoms with E-state index in [1.807, 2.05) is 0 Å². The summed E-state index contributed by atoms with van der Waals surface area (Å²) in [7, 11) is -15.1. The van der Waals surface area contributed by atoms with Gasteiger partial charge in [0.15, 0.2) is 0 Å². The monoisotopic (exact) mass is 1110 g/mol. The summed E-state index contributed by atoms with van der Waals surface area (Å²) < 4.78 is 104. The van der Waals surface area contributed by atoms with E-state index in [1.54, 1.807) is 50.2 Å². The predicted molar refractivity (Wildman–Crippen MR) is 235 cm³/mol. The molecule has 0 aliphatic heterocycles. The summed E-state index contributed by atoms with van der Waals surface area (Å²) in [6, 6.07) is 25.4. The summed E-state index contributed by atoms with van der Waals surface area (Å²) >= 11 is 0.